The van der Waals surface area contributed by atoms with E-state index in [1.54, 1.807) is 19.1 Å². The van der Waals surface area contributed by atoms with E-state index in [2.05, 4.69) is 5.32 Å². The van der Waals surface area contributed by atoms with E-state index in [1.165, 1.54) is 6.07 Å². The third-order valence-electron chi connectivity index (χ3n) is 5.86. The Morgan fingerprint density at radius 3 is 2.28 bits per heavy atom. The van der Waals surface area contributed by atoms with E-state index in [9.17, 15) is 14.4 Å². The molecule has 1 N–H and O–H groups in total. The fourth-order valence-electron chi connectivity index (χ4n) is 3.94. The van der Waals surface area contributed by atoms with Crippen molar-refractivity contribution in [1.29, 1.82) is 0 Å². The molecule has 1 heterocycles. The third kappa shape index (κ3) is 5.99. The molecule has 3 aromatic carbocycles. The lowest BCUT2D eigenvalue weighted by molar-refractivity contribution is -0.136. The summed E-state index contributed by atoms with van der Waals surface area (Å²) in [7, 11) is 0. The average molecular weight is 486 g/mol. The van der Waals surface area contributed by atoms with Gasteiger partial charge in [0.25, 0.3) is 0 Å². The van der Waals surface area contributed by atoms with Crippen molar-refractivity contribution in [3.63, 3.8) is 0 Å². The van der Waals surface area contributed by atoms with Gasteiger partial charge in [0.05, 0.1) is 0 Å². The summed E-state index contributed by atoms with van der Waals surface area (Å²) in [5.74, 6) is -0.409. The quantitative estimate of drug-likeness (QED) is 0.212. The second kappa shape index (κ2) is 11.4. The second-order valence-electron chi connectivity index (χ2n) is 8.38. The predicted molar refractivity (Wildman–Crippen MR) is 136 cm³/mol. The van der Waals surface area contributed by atoms with Crippen LogP contribution in [0.4, 0.5) is 4.79 Å². The summed E-state index contributed by atoms with van der Waals surface area (Å²) in [6.07, 6.45) is 0.141. The molecule has 0 fully saturated rings. The third-order valence-corrected chi connectivity index (χ3v) is 5.86. The number of nitrogens with one attached hydrogen (secondary N) is 1. The van der Waals surface area contributed by atoms with E-state index in [0.29, 0.717) is 17.6 Å². The Balaban J connectivity index is 1.54. The van der Waals surface area contributed by atoms with Gasteiger partial charge in [-0.2, -0.15) is 0 Å². The first-order valence-electron chi connectivity index (χ1n) is 11.7. The molecule has 1 amide bonds. The van der Waals surface area contributed by atoms with Gasteiger partial charge < -0.3 is 19.2 Å². The van der Waals surface area contributed by atoms with Gasteiger partial charge in [-0.15, -0.1) is 0 Å². The van der Waals surface area contributed by atoms with Gasteiger partial charge in [-0.25, -0.2) is 14.4 Å². The summed E-state index contributed by atoms with van der Waals surface area (Å²) in [5.41, 5.74) is 2.96. The van der Waals surface area contributed by atoms with Crippen molar-refractivity contribution in [3.05, 3.63) is 112 Å². The number of esters is 1. The maximum atomic E-state index is 13.2. The van der Waals surface area contributed by atoms with E-state index in [1.807, 2.05) is 67.6 Å². The lowest BCUT2D eigenvalue weighted by atomic mass is 10.0. The van der Waals surface area contributed by atoms with Gasteiger partial charge in [0.15, 0.2) is 0 Å². The Bertz CT molecular complexity index is 1410. The molecular formula is C29H27NO6. The lowest BCUT2D eigenvalue weighted by Gasteiger charge is -2.19. The van der Waals surface area contributed by atoms with Gasteiger partial charge >= 0.3 is 17.7 Å². The molecule has 0 saturated carbocycles. The number of rotatable bonds is 8. The Kier molecular flexibility index (Phi) is 7.80. The minimum absolute atomic E-state index is 0.0718. The molecule has 0 spiro atoms. The number of amides is 1. The molecular weight excluding hydrogens is 458 g/mol. The molecule has 184 valence electrons. The zero-order chi connectivity index (χ0) is 25.5. The average Bonchev–Trinajstić information content (AvgIpc) is 2.89. The van der Waals surface area contributed by atoms with Crippen LogP contribution in [-0.2, 0) is 29.0 Å². The van der Waals surface area contributed by atoms with Crippen LogP contribution in [0, 0.1) is 6.92 Å². The maximum Gasteiger partial charge on any atom is 0.408 e. The molecule has 1 unspecified atom stereocenters. The van der Waals surface area contributed by atoms with Crippen molar-refractivity contribution in [1.82, 2.24) is 5.32 Å². The number of hydrogen-bond acceptors (Lipinski definition) is 6. The number of ether oxygens (including phenoxy) is 2. The van der Waals surface area contributed by atoms with E-state index < -0.39 is 23.7 Å². The van der Waals surface area contributed by atoms with Crippen molar-refractivity contribution >= 4 is 23.0 Å². The summed E-state index contributed by atoms with van der Waals surface area (Å²) in [6.45, 7) is 3.75. The van der Waals surface area contributed by atoms with Crippen molar-refractivity contribution in [2.24, 2.45) is 0 Å². The summed E-state index contributed by atoms with van der Waals surface area (Å²) in [4.78, 5) is 37.8. The van der Waals surface area contributed by atoms with Crippen LogP contribution < -0.4 is 15.7 Å². The minimum Gasteiger partial charge on any atom is -0.445 e. The molecule has 0 bridgehead atoms. The monoisotopic (exact) mass is 485 g/mol. The molecule has 7 heteroatoms. The molecule has 4 aromatic rings. The van der Waals surface area contributed by atoms with E-state index in [-0.39, 0.29) is 18.8 Å². The largest absolute Gasteiger partial charge is 0.445 e. The highest BCUT2D eigenvalue weighted by atomic mass is 16.6. The van der Waals surface area contributed by atoms with Gasteiger partial charge in [0, 0.05) is 23.4 Å². The molecule has 0 aliphatic heterocycles. The first-order valence-corrected chi connectivity index (χ1v) is 11.7. The fourth-order valence-corrected chi connectivity index (χ4v) is 3.94. The Labute approximate surface area is 208 Å². The number of hydrogen-bond donors (Lipinski definition) is 1. The normalized spacial score (nSPS) is 11.6. The first kappa shape index (κ1) is 24.7. The van der Waals surface area contributed by atoms with Gasteiger partial charge in [-0.1, -0.05) is 67.6 Å². The standard InChI is InChI=1S/C29H27NO6/c1-3-22-17-26(31)36-27-19(2)25(15-14-23(22)27)35-28(32)24(16-20-10-6-4-7-11-20)30-29(33)34-18-21-12-8-5-9-13-21/h4-15,17,24H,3,16,18H2,1-2H3,(H,30,33). The van der Waals surface area contributed by atoms with Crippen molar-refractivity contribution in [2.75, 3.05) is 0 Å². The zero-order valence-electron chi connectivity index (χ0n) is 20.2. The fraction of sp³-hybridized carbons (Fsp3) is 0.207. The molecule has 0 aliphatic carbocycles. The summed E-state index contributed by atoms with van der Waals surface area (Å²) in [6, 6.07) is 22.5. The molecule has 1 atom stereocenters. The molecule has 0 saturated heterocycles. The van der Waals surface area contributed by atoms with Crippen LogP contribution in [0.5, 0.6) is 5.75 Å². The van der Waals surface area contributed by atoms with Gasteiger partial charge in [-0.3, -0.25) is 0 Å². The Morgan fingerprint density at radius 1 is 0.944 bits per heavy atom. The van der Waals surface area contributed by atoms with Gasteiger partial charge in [-0.05, 0) is 42.2 Å². The molecule has 0 radical (unpaired) electrons. The minimum atomic E-state index is -1.00. The summed E-state index contributed by atoms with van der Waals surface area (Å²) in [5, 5.41) is 3.42. The molecule has 7 nitrogen and oxygen atoms in total. The Hall–Kier alpha value is -4.39. The summed E-state index contributed by atoms with van der Waals surface area (Å²) < 4.78 is 16.4. The van der Waals surface area contributed by atoms with Crippen molar-refractivity contribution in [3.8, 4) is 5.75 Å². The smallest absolute Gasteiger partial charge is 0.408 e. The Morgan fingerprint density at radius 2 is 1.61 bits per heavy atom. The topological polar surface area (TPSA) is 94.8 Å². The number of aryl methyl sites for hydroxylation is 2. The molecule has 4 rings (SSSR count). The summed E-state index contributed by atoms with van der Waals surface area (Å²) >= 11 is 0. The van der Waals surface area contributed by atoms with Crippen LogP contribution in [0.15, 0.2) is 88.1 Å². The number of fused-ring (bicyclic) bond motifs is 1. The highest BCUT2D eigenvalue weighted by Crippen LogP contribution is 2.29. The molecule has 1 aromatic heterocycles. The van der Waals surface area contributed by atoms with Gasteiger partial charge in [0.1, 0.15) is 24.0 Å². The second-order valence-corrected chi connectivity index (χ2v) is 8.38. The molecule has 0 aliphatic rings. The predicted octanol–water partition coefficient (Wildman–Crippen LogP) is 5.11. The number of benzene rings is 3. The number of carbonyl (C=O) groups is 2. The highest BCUT2D eigenvalue weighted by molar-refractivity contribution is 5.88. The van der Waals surface area contributed by atoms with Crippen molar-refractivity contribution < 1.29 is 23.5 Å². The van der Waals surface area contributed by atoms with E-state index in [0.717, 1.165) is 22.1 Å². The van der Waals surface area contributed by atoms with Crippen LogP contribution in [0.1, 0.15) is 29.2 Å². The first-order chi connectivity index (χ1) is 17.4. The maximum absolute atomic E-state index is 13.2. The van der Waals surface area contributed by atoms with Gasteiger partial charge in [0.2, 0.25) is 0 Å². The number of alkyl carbamates (subject to hydrolysis) is 1. The van der Waals surface area contributed by atoms with Crippen molar-refractivity contribution in [2.45, 2.75) is 39.3 Å². The van der Waals surface area contributed by atoms with Crippen LogP contribution >= 0.6 is 0 Å². The van der Waals surface area contributed by atoms with Crippen LogP contribution in [0.2, 0.25) is 0 Å². The van der Waals surface area contributed by atoms with E-state index >= 15 is 0 Å². The zero-order valence-corrected chi connectivity index (χ0v) is 20.2. The van der Waals surface area contributed by atoms with Crippen LogP contribution in [-0.4, -0.2) is 18.1 Å². The lowest BCUT2D eigenvalue weighted by Crippen LogP contribution is -2.44. The molecule has 36 heavy (non-hydrogen) atoms. The van der Waals surface area contributed by atoms with E-state index in [4.69, 9.17) is 13.9 Å². The van der Waals surface area contributed by atoms with Crippen LogP contribution in [0.25, 0.3) is 11.0 Å². The highest BCUT2D eigenvalue weighted by Gasteiger charge is 2.25. The SMILES string of the molecule is CCc1cc(=O)oc2c(C)c(OC(=O)C(Cc3ccccc3)NC(=O)OCc3ccccc3)ccc12. The number of carbonyl (C=O) groups excluding carboxylic acids is 2. The van der Waals surface area contributed by atoms with Crippen LogP contribution in [0.3, 0.4) is 0 Å².